The monoisotopic (exact) mass is 168 g/mol. The normalized spacial score (nSPS) is 8.17. The lowest BCUT2D eigenvalue weighted by atomic mass is 10.4. The Labute approximate surface area is 71.2 Å². The summed E-state index contributed by atoms with van der Waals surface area (Å²) in [6.45, 7) is 5.18. The van der Waals surface area contributed by atoms with Crippen molar-refractivity contribution in [3.63, 3.8) is 0 Å². The van der Waals surface area contributed by atoms with Crippen molar-refractivity contribution >= 4 is 6.15 Å². The van der Waals surface area contributed by atoms with Crippen LogP contribution in [0.2, 0.25) is 0 Å². The van der Waals surface area contributed by atoms with Crippen molar-refractivity contribution in [1.82, 2.24) is 9.78 Å². The van der Waals surface area contributed by atoms with Gasteiger partial charge in [-0.05, 0) is 19.4 Å². The van der Waals surface area contributed by atoms with Crippen molar-refractivity contribution in [2.24, 2.45) is 0 Å². The first-order chi connectivity index (χ1) is 5.78. The van der Waals surface area contributed by atoms with E-state index in [1.807, 2.05) is 10.9 Å². The Morgan fingerprint density at radius 3 is 2.33 bits per heavy atom. The summed E-state index contributed by atoms with van der Waals surface area (Å²) in [6.07, 6.45) is 3.30. The zero-order chi connectivity index (χ0) is 9.40. The van der Waals surface area contributed by atoms with Gasteiger partial charge in [0.1, 0.15) is 0 Å². The summed E-state index contributed by atoms with van der Waals surface area (Å²) in [7, 11) is 0. The van der Waals surface area contributed by atoms with Crippen LogP contribution in [-0.2, 0) is 22.6 Å². The van der Waals surface area contributed by atoms with Crippen molar-refractivity contribution in [2.75, 3.05) is 0 Å². The smallest absolute Gasteiger partial charge is 0.273 e. The summed E-state index contributed by atoms with van der Waals surface area (Å²) < 4.78 is 1.94. The molecule has 4 heteroatoms. The zero-order valence-corrected chi connectivity index (χ0v) is 7.28. The first-order valence-electron chi connectivity index (χ1n) is 3.80. The van der Waals surface area contributed by atoms with Gasteiger partial charge in [-0.2, -0.15) is 14.7 Å². The van der Waals surface area contributed by atoms with Gasteiger partial charge in [0.25, 0.3) is 0 Å². The number of nitrogens with zero attached hydrogens (tertiary/aromatic N) is 2. The predicted octanol–water partition coefficient (Wildman–Crippen LogP) is 0.882. The number of hydrogen-bond donors (Lipinski definition) is 0. The van der Waals surface area contributed by atoms with Crippen LogP contribution in [0.3, 0.4) is 0 Å². The lowest BCUT2D eigenvalue weighted by Crippen LogP contribution is -1.94. The van der Waals surface area contributed by atoms with Gasteiger partial charge in [-0.3, -0.25) is 4.68 Å². The van der Waals surface area contributed by atoms with Gasteiger partial charge in [-0.1, -0.05) is 6.92 Å². The van der Waals surface area contributed by atoms with E-state index < -0.39 is 0 Å². The van der Waals surface area contributed by atoms with Crippen molar-refractivity contribution < 1.29 is 9.59 Å². The van der Waals surface area contributed by atoms with Gasteiger partial charge in [-0.25, -0.2) is 0 Å². The summed E-state index contributed by atoms with van der Waals surface area (Å²) in [6, 6.07) is 2.06. The second-order valence-corrected chi connectivity index (χ2v) is 2.10. The molecule has 1 aromatic heterocycles. The fourth-order valence-corrected chi connectivity index (χ4v) is 0.768. The molecule has 66 valence electrons. The second-order valence-electron chi connectivity index (χ2n) is 2.10. The van der Waals surface area contributed by atoms with Crippen molar-refractivity contribution in [3.05, 3.63) is 18.0 Å². The van der Waals surface area contributed by atoms with E-state index in [0.717, 1.165) is 13.0 Å². The van der Waals surface area contributed by atoms with Crippen LogP contribution in [-0.4, -0.2) is 15.9 Å². The summed E-state index contributed by atoms with van der Waals surface area (Å²) in [5, 5.41) is 4.26. The number of aryl methyl sites for hydroxylation is 2. The second kappa shape index (κ2) is 6.31. The Balaban J connectivity index is 0.000000354. The van der Waals surface area contributed by atoms with Gasteiger partial charge in [0, 0.05) is 12.7 Å². The van der Waals surface area contributed by atoms with E-state index in [0.29, 0.717) is 0 Å². The Morgan fingerprint density at radius 1 is 1.50 bits per heavy atom. The highest BCUT2D eigenvalue weighted by Gasteiger charge is 1.91. The van der Waals surface area contributed by atoms with E-state index >= 15 is 0 Å². The molecule has 0 aliphatic heterocycles. The Bertz CT molecular complexity index is 231. The Kier molecular flexibility index (Phi) is 5.57. The maximum atomic E-state index is 8.12. The number of aromatic nitrogens is 2. The summed E-state index contributed by atoms with van der Waals surface area (Å²) >= 11 is 0. The molecule has 0 aromatic carbocycles. The van der Waals surface area contributed by atoms with Gasteiger partial charge in [0.05, 0.1) is 5.69 Å². The van der Waals surface area contributed by atoms with Crippen molar-refractivity contribution in [3.8, 4) is 0 Å². The molecule has 0 aliphatic carbocycles. The molecule has 0 aliphatic rings. The molecule has 0 fully saturated rings. The molecule has 0 radical (unpaired) electrons. The van der Waals surface area contributed by atoms with Gasteiger partial charge >= 0.3 is 6.15 Å². The molecular formula is C8H12N2O2. The minimum atomic E-state index is 0.250. The third-order valence-corrected chi connectivity index (χ3v) is 1.38. The van der Waals surface area contributed by atoms with E-state index in [1.165, 1.54) is 5.69 Å². The van der Waals surface area contributed by atoms with Crippen LogP contribution >= 0.6 is 0 Å². The third kappa shape index (κ3) is 3.68. The summed E-state index contributed by atoms with van der Waals surface area (Å²) in [4.78, 5) is 16.2. The van der Waals surface area contributed by atoms with Gasteiger partial charge in [0.15, 0.2) is 0 Å². The molecule has 4 nitrogen and oxygen atoms in total. The van der Waals surface area contributed by atoms with Crippen LogP contribution in [0.15, 0.2) is 12.3 Å². The Hall–Kier alpha value is -1.41. The van der Waals surface area contributed by atoms with Crippen molar-refractivity contribution in [2.45, 2.75) is 26.8 Å². The highest BCUT2D eigenvalue weighted by Crippen LogP contribution is 1.94. The average Bonchev–Trinajstić information content (AvgIpc) is 2.53. The van der Waals surface area contributed by atoms with E-state index in [2.05, 4.69) is 25.0 Å². The average molecular weight is 168 g/mol. The molecule has 0 bridgehead atoms. The lowest BCUT2D eigenvalue weighted by Gasteiger charge is -1.90. The van der Waals surface area contributed by atoms with Crippen LogP contribution in [0.4, 0.5) is 0 Å². The molecule has 1 heterocycles. The van der Waals surface area contributed by atoms with Crippen LogP contribution in [0.1, 0.15) is 19.5 Å². The first kappa shape index (κ1) is 10.6. The molecule has 0 saturated carbocycles. The molecule has 1 rings (SSSR count). The SMILES string of the molecule is CCc1ccn(CC)n1.O=C=O. The molecule has 0 atom stereocenters. The molecule has 0 saturated heterocycles. The molecular weight excluding hydrogens is 156 g/mol. The van der Waals surface area contributed by atoms with E-state index in [9.17, 15) is 0 Å². The fourth-order valence-electron chi connectivity index (χ4n) is 0.768. The van der Waals surface area contributed by atoms with Gasteiger partial charge in [0.2, 0.25) is 0 Å². The van der Waals surface area contributed by atoms with Gasteiger partial charge in [-0.15, -0.1) is 0 Å². The highest BCUT2D eigenvalue weighted by molar-refractivity contribution is 5.20. The standard InChI is InChI=1S/C7H12N2.CO2/c1-3-7-5-6-9(4-2)8-7;2-1-3/h5-6H,3-4H2,1-2H3;. The maximum absolute atomic E-state index is 8.12. The molecule has 0 spiro atoms. The van der Waals surface area contributed by atoms with Crippen LogP contribution in [0.25, 0.3) is 0 Å². The fraction of sp³-hybridized carbons (Fsp3) is 0.500. The number of carbonyl (C=O) groups excluding carboxylic acids is 2. The lowest BCUT2D eigenvalue weighted by molar-refractivity contribution is -0.191. The minimum Gasteiger partial charge on any atom is -0.273 e. The van der Waals surface area contributed by atoms with Crippen LogP contribution < -0.4 is 0 Å². The highest BCUT2D eigenvalue weighted by atomic mass is 16.2. The molecule has 0 N–H and O–H groups in total. The first-order valence-corrected chi connectivity index (χ1v) is 3.80. The molecule has 0 amide bonds. The molecule has 0 unspecified atom stereocenters. The number of rotatable bonds is 2. The van der Waals surface area contributed by atoms with Crippen LogP contribution in [0.5, 0.6) is 0 Å². The largest absolute Gasteiger partial charge is 0.373 e. The minimum absolute atomic E-state index is 0.250. The molecule has 1 aromatic rings. The molecule has 12 heavy (non-hydrogen) atoms. The topological polar surface area (TPSA) is 52.0 Å². The predicted molar refractivity (Wildman–Crippen MR) is 42.3 cm³/mol. The van der Waals surface area contributed by atoms with E-state index in [-0.39, 0.29) is 6.15 Å². The van der Waals surface area contributed by atoms with Gasteiger partial charge < -0.3 is 0 Å². The summed E-state index contributed by atoms with van der Waals surface area (Å²) in [5.74, 6) is 0. The van der Waals surface area contributed by atoms with Crippen LogP contribution in [0, 0.1) is 0 Å². The number of hydrogen-bond acceptors (Lipinski definition) is 3. The van der Waals surface area contributed by atoms with E-state index in [4.69, 9.17) is 9.59 Å². The van der Waals surface area contributed by atoms with E-state index in [1.54, 1.807) is 0 Å². The quantitative estimate of drug-likeness (QED) is 0.658. The maximum Gasteiger partial charge on any atom is 0.373 e. The zero-order valence-electron chi connectivity index (χ0n) is 7.28. The van der Waals surface area contributed by atoms with Crippen molar-refractivity contribution in [1.29, 1.82) is 0 Å². The Morgan fingerprint density at radius 2 is 2.08 bits per heavy atom. The summed E-state index contributed by atoms with van der Waals surface area (Å²) in [5.41, 5.74) is 1.18. The third-order valence-electron chi connectivity index (χ3n) is 1.38.